The average Bonchev–Trinajstić information content (AvgIpc) is 3.06. The Labute approximate surface area is 164 Å². The van der Waals surface area contributed by atoms with Crippen molar-refractivity contribution < 1.29 is 9.59 Å². The van der Waals surface area contributed by atoms with E-state index in [1.807, 2.05) is 0 Å². The molecule has 0 N–H and O–H groups in total. The molecule has 2 aromatic heterocycles. The van der Waals surface area contributed by atoms with Gasteiger partial charge in [-0.15, -0.1) is 10.2 Å². The number of benzene rings is 1. The molecule has 0 fully saturated rings. The second-order valence-corrected chi connectivity index (χ2v) is 6.46. The van der Waals surface area contributed by atoms with E-state index in [1.165, 1.54) is 22.2 Å². The maximum absolute atomic E-state index is 12.9. The first-order valence-electron chi connectivity index (χ1n) is 8.24. The zero-order valence-corrected chi connectivity index (χ0v) is 15.7. The highest BCUT2D eigenvalue weighted by Gasteiger charge is 2.37. The molecule has 1 aliphatic rings. The van der Waals surface area contributed by atoms with Gasteiger partial charge < -0.3 is 0 Å². The molecule has 28 heavy (non-hydrogen) atoms. The van der Waals surface area contributed by atoms with Crippen molar-refractivity contribution in [3.05, 3.63) is 59.4 Å². The van der Waals surface area contributed by atoms with Crippen LogP contribution in [0.5, 0.6) is 0 Å². The van der Waals surface area contributed by atoms with Gasteiger partial charge in [0, 0.05) is 37.1 Å². The fraction of sp³-hybridized carbons (Fsp3) is 0.111. The predicted octanol–water partition coefficient (Wildman–Crippen LogP) is 4.04. The zero-order chi connectivity index (χ0) is 19.8. The number of hydrogen-bond acceptors (Lipinski definition) is 6. The monoisotopic (exact) mass is 395 g/mol. The summed E-state index contributed by atoms with van der Waals surface area (Å²) in [7, 11) is 3.11. The van der Waals surface area contributed by atoms with Gasteiger partial charge in [0.25, 0.3) is 5.91 Å². The Morgan fingerprint density at radius 1 is 1.00 bits per heavy atom. The third-order valence-electron chi connectivity index (χ3n) is 4.24. The SMILES string of the molecule is CN1C(=O)N(C)c2c(N=Nc3ccc(Cl)cc3)c1nn2C(=O)c1ccncc1. The smallest absolute Gasteiger partial charge is 0.279 e. The Morgan fingerprint density at radius 2 is 1.68 bits per heavy atom. The van der Waals surface area contributed by atoms with Crippen molar-refractivity contribution in [3.8, 4) is 0 Å². The number of halogens is 1. The normalized spacial score (nSPS) is 13.5. The number of nitrogens with zero attached hydrogens (tertiary/aromatic N) is 7. The first kappa shape index (κ1) is 17.8. The number of urea groups is 1. The van der Waals surface area contributed by atoms with E-state index in [0.29, 0.717) is 22.0 Å². The molecule has 9 nitrogen and oxygen atoms in total. The molecule has 0 unspecified atom stereocenters. The van der Waals surface area contributed by atoms with E-state index in [1.54, 1.807) is 50.5 Å². The highest BCUT2D eigenvalue weighted by atomic mass is 35.5. The number of fused-ring (bicyclic) bond motifs is 2. The number of anilines is 2. The van der Waals surface area contributed by atoms with Crippen LogP contribution in [0.4, 0.5) is 27.8 Å². The summed E-state index contributed by atoms with van der Waals surface area (Å²) in [5, 5.41) is 13.3. The topological polar surface area (TPSA) is 96.0 Å². The molecular weight excluding hydrogens is 382 g/mol. The van der Waals surface area contributed by atoms with Gasteiger partial charge >= 0.3 is 6.03 Å². The second-order valence-electron chi connectivity index (χ2n) is 6.03. The van der Waals surface area contributed by atoms with E-state index in [0.717, 1.165) is 4.68 Å². The van der Waals surface area contributed by atoms with Crippen LogP contribution < -0.4 is 9.80 Å². The third-order valence-corrected chi connectivity index (χ3v) is 4.49. The highest BCUT2D eigenvalue weighted by molar-refractivity contribution is 6.30. The van der Waals surface area contributed by atoms with Crippen molar-refractivity contribution in [2.24, 2.45) is 10.2 Å². The maximum Gasteiger partial charge on any atom is 0.330 e. The highest BCUT2D eigenvalue weighted by Crippen LogP contribution is 2.43. The molecule has 3 aromatic rings. The Kier molecular flexibility index (Phi) is 4.36. The van der Waals surface area contributed by atoms with Crippen LogP contribution in [0.1, 0.15) is 10.4 Å². The molecule has 0 radical (unpaired) electrons. The molecule has 0 atom stereocenters. The fourth-order valence-corrected chi connectivity index (χ4v) is 2.91. The minimum atomic E-state index is -0.401. The van der Waals surface area contributed by atoms with E-state index in [2.05, 4.69) is 20.3 Å². The van der Waals surface area contributed by atoms with E-state index in [4.69, 9.17) is 11.6 Å². The van der Waals surface area contributed by atoms with Gasteiger partial charge in [0.15, 0.2) is 17.3 Å². The van der Waals surface area contributed by atoms with Gasteiger partial charge in [0.05, 0.1) is 5.69 Å². The number of carbonyl (C=O) groups is 2. The summed E-state index contributed by atoms with van der Waals surface area (Å²) in [6, 6.07) is 9.63. The van der Waals surface area contributed by atoms with E-state index < -0.39 is 5.91 Å². The molecule has 0 saturated heterocycles. The molecule has 4 rings (SSSR count). The number of azo groups is 1. The van der Waals surface area contributed by atoms with Crippen molar-refractivity contribution in [2.75, 3.05) is 23.9 Å². The third kappa shape index (κ3) is 2.91. The summed E-state index contributed by atoms with van der Waals surface area (Å²) in [6.45, 7) is 0. The van der Waals surface area contributed by atoms with Crippen molar-refractivity contribution in [1.29, 1.82) is 0 Å². The lowest BCUT2D eigenvalue weighted by atomic mass is 10.2. The molecule has 2 amide bonds. The van der Waals surface area contributed by atoms with Crippen molar-refractivity contribution >= 4 is 46.5 Å². The standard InChI is InChI=1S/C18H14ClN7O2/c1-24-15-14(22-21-13-5-3-12(19)4-6-13)16(25(2)18(24)28)26(23-15)17(27)11-7-9-20-10-8-11/h3-10H,1-2H3. The van der Waals surface area contributed by atoms with Crippen LogP contribution >= 0.6 is 11.6 Å². The van der Waals surface area contributed by atoms with Gasteiger partial charge in [-0.05, 0) is 36.4 Å². The summed E-state index contributed by atoms with van der Waals surface area (Å²) < 4.78 is 1.16. The summed E-state index contributed by atoms with van der Waals surface area (Å²) >= 11 is 5.88. The lowest BCUT2D eigenvalue weighted by Crippen LogP contribution is -2.41. The Hall–Kier alpha value is -3.59. The molecule has 10 heteroatoms. The van der Waals surface area contributed by atoms with E-state index in [9.17, 15) is 9.59 Å². The molecule has 0 aliphatic carbocycles. The van der Waals surface area contributed by atoms with E-state index >= 15 is 0 Å². The minimum Gasteiger partial charge on any atom is -0.279 e. The van der Waals surface area contributed by atoms with Gasteiger partial charge in [-0.3, -0.25) is 19.6 Å². The number of carbonyl (C=O) groups excluding carboxylic acids is 2. The summed E-state index contributed by atoms with van der Waals surface area (Å²) in [5.74, 6) is 0.0948. The summed E-state index contributed by atoms with van der Waals surface area (Å²) in [4.78, 5) is 31.9. The zero-order valence-electron chi connectivity index (χ0n) is 14.9. The minimum absolute atomic E-state index is 0.248. The Morgan fingerprint density at radius 3 is 2.36 bits per heavy atom. The molecule has 1 aliphatic heterocycles. The van der Waals surface area contributed by atoms with Crippen LogP contribution in [-0.2, 0) is 0 Å². The quantitative estimate of drug-likeness (QED) is 0.625. The lowest BCUT2D eigenvalue weighted by Gasteiger charge is -2.26. The van der Waals surface area contributed by atoms with Crippen LogP contribution in [0.15, 0.2) is 59.0 Å². The summed E-state index contributed by atoms with van der Waals surface area (Å²) in [5.41, 5.74) is 1.28. The van der Waals surface area contributed by atoms with Crippen LogP contribution in [0.3, 0.4) is 0 Å². The molecule has 3 heterocycles. The fourth-order valence-electron chi connectivity index (χ4n) is 2.79. The van der Waals surface area contributed by atoms with Gasteiger partial charge in [0.1, 0.15) is 0 Å². The Balaban J connectivity index is 1.82. The van der Waals surface area contributed by atoms with Gasteiger partial charge in [-0.1, -0.05) is 11.6 Å². The number of aromatic nitrogens is 3. The number of amides is 2. The van der Waals surface area contributed by atoms with Crippen LogP contribution in [0, 0.1) is 0 Å². The maximum atomic E-state index is 12.9. The molecule has 1 aromatic carbocycles. The molecule has 2 bridgehead atoms. The molecular formula is C18H14ClN7O2. The largest absolute Gasteiger partial charge is 0.330 e. The summed E-state index contributed by atoms with van der Waals surface area (Å²) in [6.07, 6.45) is 3.03. The molecule has 0 spiro atoms. The van der Waals surface area contributed by atoms with Crippen molar-refractivity contribution in [2.45, 2.75) is 0 Å². The number of hydrogen-bond donors (Lipinski definition) is 0. The van der Waals surface area contributed by atoms with Gasteiger partial charge in [0.2, 0.25) is 0 Å². The number of pyridine rings is 1. The van der Waals surface area contributed by atoms with Crippen LogP contribution in [-0.4, -0.2) is 40.8 Å². The van der Waals surface area contributed by atoms with E-state index in [-0.39, 0.29) is 17.7 Å². The Bertz CT molecular complexity index is 1090. The number of rotatable bonds is 3. The van der Waals surface area contributed by atoms with Gasteiger partial charge in [-0.2, -0.15) is 9.80 Å². The second kappa shape index (κ2) is 6.86. The van der Waals surface area contributed by atoms with Crippen molar-refractivity contribution in [1.82, 2.24) is 14.8 Å². The van der Waals surface area contributed by atoms with Crippen LogP contribution in [0.2, 0.25) is 5.02 Å². The first-order chi connectivity index (χ1) is 13.5. The first-order valence-corrected chi connectivity index (χ1v) is 8.61. The van der Waals surface area contributed by atoms with Gasteiger partial charge in [-0.25, -0.2) is 4.79 Å². The predicted molar refractivity (Wildman–Crippen MR) is 104 cm³/mol. The lowest BCUT2D eigenvalue weighted by molar-refractivity contribution is 0.0947. The molecule has 0 saturated carbocycles. The molecule has 140 valence electrons. The average molecular weight is 396 g/mol. The van der Waals surface area contributed by atoms with Crippen LogP contribution in [0.25, 0.3) is 0 Å². The van der Waals surface area contributed by atoms with Crippen molar-refractivity contribution in [3.63, 3.8) is 0 Å².